The van der Waals surface area contributed by atoms with E-state index >= 15 is 0 Å². The van der Waals surface area contributed by atoms with Crippen molar-refractivity contribution in [2.24, 2.45) is 5.92 Å². The van der Waals surface area contributed by atoms with Crippen molar-refractivity contribution < 1.29 is 9.32 Å². The van der Waals surface area contributed by atoms with E-state index in [0.29, 0.717) is 11.8 Å². The molecule has 0 spiro atoms. The van der Waals surface area contributed by atoms with E-state index in [1.54, 1.807) is 0 Å². The quantitative estimate of drug-likeness (QED) is 0.852. The van der Waals surface area contributed by atoms with Gasteiger partial charge in [-0.05, 0) is 32.6 Å². The first-order chi connectivity index (χ1) is 11.2. The Labute approximate surface area is 137 Å². The number of aromatic nitrogens is 2. The van der Waals surface area contributed by atoms with Crippen molar-refractivity contribution in [3.8, 4) is 0 Å². The van der Waals surface area contributed by atoms with Gasteiger partial charge in [-0.1, -0.05) is 18.0 Å². The zero-order chi connectivity index (χ0) is 15.8. The maximum atomic E-state index is 12.5. The molecule has 0 bridgehead atoms. The first-order valence-corrected chi connectivity index (χ1v) is 9.08. The molecule has 126 valence electrons. The molecule has 6 nitrogen and oxygen atoms in total. The highest BCUT2D eigenvalue weighted by Gasteiger charge is 2.33. The summed E-state index contributed by atoms with van der Waals surface area (Å²) in [7, 11) is 0. The predicted octanol–water partition coefficient (Wildman–Crippen LogP) is 2.34. The number of carbonyl (C=O) groups excluding carboxylic acids is 1. The van der Waals surface area contributed by atoms with Crippen LogP contribution in [0.2, 0.25) is 0 Å². The summed E-state index contributed by atoms with van der Waals surface area (Å²) in [5.41, 5.74) is 0. The summed E-state index contributed by atoms with van der Waals surface area (Å²) < 4.78 is 5.45. The smallest absolute Gasteiger partial charge is 0.243 e. The molecular formula is C17H26N4O2. The zero-order valence-electron chi connectivity index (χ0n) is 13.9. The van der Waals surface area contributed by atoms with Gasteiger partial charge in [0.15, 0.2) is 5.82 Å². The zero-order valence-corrected chi connectivity index (χ0v) is 13.9. The molecular weight excluding hydrogens is 292 g/mol. The Morgan fingerprint density at radius 1 is 1.13 bits per heavy atom. The second kappa shape index (κ2) is 6.23. The second-order valence-electron chi connectivity index (χ2n) is 7.28. The fourth-order valence-corrected chi connectivity index (χ4v) is 3.84. The van der Waals surface area contributed by atoms with Gasteiger partial charge in [-0.25, -0.2) is 0 Å². The van der Waals surface area contributed by atoms with Crippen molar-refractivity contribution in [3.05, 3.63) is 11.7 Å². The summed E-state index contributed by atoms with van der Waals surface area (Å²) in [6, 6.07) is 0.138. The van der Waals surface area contributed by atoms with Crippen molar-refractivity contribution in [3.63, 3.8) is 0 Å². The van der Waals surface area contributed by atoms with Crippen LogP contribution in [0.25, 0.3) is 0 Å². The van der Waals surface area contributed by atoms with E-state index in [0.717, 1.165) is 50.7 Å². The monoisotopic (exact) mass is 318 g/mol. The molecule has 3 fully saturated rings. The molecule has 1 aromatic heterocycles. The normalized spacial score (nSPS) is 25.0. The molecule has 3 aliphatic rings. The van der Waals surface area contributed by atoms with Crippen molar-refractivity contribution in [1.82, 2.24) is 19.9 Å². The van der Waals surface area contributed by atoms with E-state index in [9.17, 15) is 4.79 Å². The van der Waals surface area contributed by atoms with Crippen LogP contribution in [0, 0.1) is 5.92 Å². The Bertz CT molecular complexity index is 555. The van der Waals surface area contributed by atoms with Gasteiger partial charge in [0.05, 0.1) is 6.04 Å². The Balaban J connectivity index is 1.32. The van der Waals surface area contributed by atoms with Crippen LogP contribution >= 0.6 is 0 Å². The highest BCUT2D eigenvalue weighted by Crippen LogP contribution is 2.38. The number of amides is 1. The molecule has 1 aromatic rings. The summed E-state index contributed by atoms with van der Waals surface area (Å²) in [5.74, 6) is 2.80. The number of hydrogen-bond donors (Lipinski definition) is 0. The average molecular weight is 318 g/mol. The Hall–Kier alpha value is -1.43. The van der Waals surface area contributed by atoms with E-state index < -0.39 is 0 Å². The Morgan fingerprint density at radius 3 is 2.48 bits per heavy atom. The van der Waals surface area contributed by atoms with Gasteiger partial charge in [-0.2, -0.15) is 4.98 Å². The highest BCUT2D eigenvalue weighted by molar-refractivity contribution is 5.79. The SMILES string of the molecule is C[C@H](c1nc(C2CC2)no1)N1CCN(C(=O)C2CCCC2)CC1. The van der Waals surface area contributed by atoms with Gasteiger partial charge in [0.25, 0.3) is 0 Å². The maximum Gasteiger partial charge on any atom is 0.243 e. The number of carbonyl (C=O) groups is 1. The van der Waals surface area contributed by atoms with Crippen LogP contribution in [0.15, 0.2) is 4.52 Å². The van der Waals surface area contributed by atoms with Crippen molar-refractivity contribution in [2.75, 3.05) is 26.2 Å². The van der Waals surface area contributed by atoms with Crippen LogP contribution < -0.4 is 0 Å². The van der Waals surface area contributed by atoms with Crippen LogP contribution in [0.4, 0.5) is 0 Å². The summed E-state index contributed by atoms with van der Waals surface area (Å²) >= 11 is 0. The molecule has 4 rings (SSSR count). The molecule has 6 heteroatoms. The first kappa shape index (κ1) is 15.1. The molecule has 1 atom stereocenters. The topological polar surface area (TPSA) is 62.5 Å². The van der Waals surface area contributed by atoms with Gasteiger partial charge >= 0.3 is 0 Å². The minimum Gasteiger partial charge on any atom is -0.340 e. The van der Waals surface area contributed by atoms with Gasteiger partial charge in [0, 0.05) is 38.0 Å². The van der Waals surface area contributed by atoms with Gasteiger partial charge < -0.3 is 9.42 Å². The maximum absolute atomic E-state index is 12.5. The van der Waals surface area contributed by atoms with E-state index in [2.05, 4.69) is 26.9 Å². The summed E-state index contributed by atoms with van der Waals surface area (Å²) in [6.07, 6.45) is 6.98. The second-order valence-corrected chi connectivity index (χ2v) is 7.28. The van der Waals surface area contributed by atoms with Crippen LogP contribution in [-0.4, -0.2) is 52.0 Å². The van der Waals surface area contributed by atoms with E-state index in [4.69, 9.17) is 4.52 Å². The summed E-state index contributed by atoms with van der Waals surface area (Å²) in [6.45, 7) is 5.55. The van der Waals surface area contributed by atoms with Crippen molar-refractivity contribution in [1.29, 1.82) is 0 Å². The molecule has 23 heavy (non-hydrogen) atoms. The third-order valence-corrected chi connectivity index (χ3v) is 5.64. The molecule has 1 amide bonds. The third-order valence-electron chi connectivity index (χ3n) is 5.64. The average Bonchev–Trinajstić information content (AvgIpc) is 3.10. The third kappa shape index (κ3) is 3.13. The molecule has 2 heterocycles. The number of rotatable bonds is 4. The van der Waals surface area contributed by atoms with Gasteiger partial charge in [0.1, 0.15) is 0 Å². The molecule has 1 saturated heterocycles. The molecule has 2 saturated carbocycles. The Morgan fingerprint density at radius 2 is 1.83 bits per heavy atom. The van der Waals surface area contributed by atoms with Gasteiger partial charge in [-0.15, -0.1) is 0 Å². The predicted molar refractivity (Wildman–Crippen MR) is 84.8 cm³/mol. The minimum absolute atomic E-state index is 0.138. The van der Waals surface area contributed by atoms with Crippen molar-refractivity contribution in [2.45, 2.75) is 57.4 Å². The number of piperazine rings is 1. The summed E-state index contributed by atoms with van der Waals surface area (Å²) in [5, 5.41) is 4.11. The van der Waals surface area contributed by atoms with Gasteiger partial charge in [-0.3, -0.25) is 9.69 Å². The molecule has 1 aliphatic heterocycles. The lowest BCUT2D eigenvalue weighted by Gasteiger charge is -2.37. The largest absolute Gasteiger partial charge is 0.340 e. The fourth-order valence-electron chi connectivity index (χ4n) is 3.84. The fraction of sp³-hybridized carbons (Fsp3) is 0.824. The number of hydrogen-bond acceptors (Lipinski definition) is 5. The van der Waals surface area contributed by atoms with Crippen LogP contribution in [0.3, 0.4) is 0 Å². The van der Waals surface area contributed by atoms with Crippen molar-refractivity contribution >= 4 is 5.91 Å². The lowest BCUT2D eigenvalue weighted by Crippen LogP contribution is -2.50. The van der Waals surface area contributed by atoms with E-state index in [1.807, 2.05) is 0 Å². The lowest BCUT2D eigenvalue weighted by atomic mass is 10.1. The summed E-state index contributed by atoms with van der Waals surface area (Å²) in [4.78, 5) is 21.5. The molecule has 0 N–H and O–H groups in total. The van der Waals surface area contributed by atoms with Crippen LogP contribution in [0.1, 0.15) is 69.1 Å². The highest BCUT2D eigenvalue weighted by atomic mass is 16.5. The Kier molecular flexibility index (Phi) is 4.09. The first-order valence-electron chi connectivity index (χ1n) is 9.08. The minimum atomic E-state index is 0.138. The van der Waals surface area contributed by atoms with Crippen LogP contribution in [-0.2, 0) is 4.79 Å². The molecule has 0 radical (unpaired) electrons. The van der Waals surface area contributed by atoms with E-state index in [1.165, 1.54) is 25.7 Å². The van der Waals surface area contributed by atoms with E-state index in [-0.39, 0.29) is 12.0 Å². The molecule has 2 aliphatic carbocycles. The van der Waals surface area contributed by atoms with Crippen LogP contribution in [0.5, 0.6) is 0 Å². The van der Waals surface area contributed by atoms with Gasteiger partial charge in [0.2, 0.25) is 11.8 Å². The lowest BCUT2D eigenvalue weighted by molar-refractivity contribution is -0.137. The molecule has 0 unspecified atom stereocenters. The molecule has 0 aromatic carbocycles. The standard InChI is InChI=1S/C17H26N4O2/c1-12(16-18-15(19-23-16)13-6-7-13)20-8-10-21(11-9-20)17(22)14-4-2-3-5-14/h12-14H,2-11H2,1H3/t12-/m1/s1. The number of nitrogens with zero attached hydrogens (tertiary/aromatic N) is 4.